The lowest BCUT2D eigenvalue weighted by Gasteiger charge is -2.25. The lowest BCUT2D eigenvalue weighted by molar-refractivity contribution is -0.139. The van der Waals surface area contributed by atoms with Gasteiger partial charge in [0.1, 0.15) is 16.5 Å². The van der Waals surface area contributed by atoms with Crippen LogP contribution >= 0.6 is 0 Å². The van der Waals surface area contributed by atoms with Gasteiger partial charge in [-0.1, -0.05) is 25.3 Å². The van der Waals surface area contributed by atoms with Crippen molar-refractivity contribution >= 4 is 16.9 Å². The molecule has 1 amide bonds. The molecule has 2 aliphatic carbocycles. The maximum absolute atomic E-state index is 14.3. The van der Waals surface area contributed by atoms with Crippen LogP contribution in [-0.4, -0.2) is 39.5 Å². The van der Waals surface area contributed by atoms with Crippen LogP contribution < -0.4 is 10.0 Å². The Bertz CT molecular complexity index is 1320. The van der Waals surface area contributed by atoms with Crippen LogP contribution in [0.1, 0.15) is 79.4 Å². The molecule has 1 aromatic carbocycles. The molecule has 11 heteroatoms. The Labute approximate surface area is 235 Å². The number of ether oxygens (including phenoxy) is 1. The zero-order valence-corrected chi connectivity index (χ0v) is 23.4. The van der Waals surface area contributed by atoms with Crippen LogP contribution in [0.25, 0.3) is 11.3 Å². The summed E-state index contributed by atoms with van der Waals surface area (Å²) in [6, 6.07) is 7.47. The van der Waals surface area contributed by atoms with Crippen molar-refractivity contribution in [3.8, 4) is 17.3 Å². The molecule has 2 aromatic rings. The van der Waals surface area contributed by atoms with E-state index < -0.39 is 33.2 Å². The normalized spacial score (nSPS) is 20.6. The van der Waals surface area contributed by atoms with Gasteiger partial charge in [0, 0.05) is 37.2 Å². The summed E-state index contributed by atoms with van der Waals surface area (Å²) in [5, 5.41) is 12.4. The summed E-state index contributed by atoms with van der Waals surface area (Å²) in [5.41, 5.74) is -0.0427. The van der Waals surface area contributed by atoms with Crippen molar-refractivity contribution in [3.63, 3.8) is 0 Å². The molecule has 2 heterocycles. The Hall–Kier alpha value is -2.68. The number of carbonyl (C=O) groups is 1. The van der Waals surface area contributed by atoms with Gasteiger partial charge in [-0.15, -0.1) is 0 Å². The van der Waals surface area contributed by atoms with Gasteiger partial charge < -0.3 is 14.6 Å². The molecule has 1 atom stereocenters. The third-order valence-corrected chi connectivity index (χ3v) is 9.70. The lowest BCUT2D eigenvalue weighted by atomic mass is 9.89. The van der Waals surface area contributed by atoms with Gasteiger partial charge in [0.15, 0.2) is 0 Å². The molecule has 216 valence electrons. The number of nitrogens with one attached hydrogen (secondary N) is 2. The number of alkyl halides is 3. The minimum Gasteiger partial charge on any atom is -0.381 e. The van der Waals surface area contributed by atoms with E-state index in [0.717, 1.165) is 50.3 Å². The summed E-state index contributed by atoms with van der Waals surface area (Å²) in [5.74, 6) is 0.140. The highest BCUT2D eigenvalue weighted by molar-refractivity contribution is 7.83. The lowest BCUT2D eigenvalue weighted by Crippen LogP contribution is -2.39. The molecule has 40 heavy (non-hydrogen) atoms. The molecule has 3 fully saturated rings. The number of amides is 1. The summed E-state index contributed by atoms with van der Waals surface area (Å²) in [6.07, 6.45) is 3.07. The number of nitriles is 1. The van der Waals surface area contributed by atoms with Gasteiger partial charge in [0.2, 0.25) is 0 Å². The molecule has 2 N–H and O–H groups in total. The number of halogens is 3. The molecule has 7 nitrogen and oxygen atoms in total. The van der Waals surface area contributed by atoms with Crippen LogP contribution in [0.15, 0.2) is 29.2 Å². The monoisotopic (exact) mass is 576 g/mol. The average molecular weight is 577 g/mol. The molecule has 2 saturated carbocycles. The van der Waals surface area contributed by atoms with E-state index in [9.17, 15) is 27.4 Å². The average Bonchev–Trinajstić information content (AvgIpc) is 3.64. The molecule has 1 unspecified atom stereocenters. The van der Waals surface area contributed by atoms with Gasteiger partial charge in [-0.3, -0.25) is 4.79 Å². The second-order valence-electron chi connectivity index (χ2n) is 11.3. The van der Waals surface area contributed by atoms with E-state index in [0.29, 0.717) is 55.3 Å². The predicted molar refractivity (Wildman–Crippen MR) is 145 cm³/mol. The van der Waals surface area contributed by atoms with Crippen LogP contribution in [0.2, 0.25) is 0 Å². The second kappa shape index (κ2) is 11.7. The van der Waals surface area contributed by atoms with E-state index >= 15 is 0 Å². The van der Waals surface area contributed by atoms with E-state index in [4.69, 9.17) is 4.74 Å². The molecule has 0 spiro atoms. The van der Waals surface area contributed by atoms with Gasteiger partial charge in [-0.25, -0.2) is 8.93 Å². The van der Waals surface area contributed by atoms with Gasteiger partial charge in [-0.2, -0.15) is 18.4 Å². The fraction of sp³-hybridized carbons (Fsp3) is 0.586. The van der Waals surface area contributed by atoms with Crippen LogP contribution in [0, 0.1) is 24.2 Å². The molecular formula is C29H35F3N4O3S. The number of carbonyl (C=O) groups excluding carboxylic acids is 1. The summed E-state index contributed by atoms with van der Waals surface area (Å²) >= 11 is 0. The largest absolute Gasteiger partial charge is 0.417 e. The van der Waals surface area contributed by atoms with Crippen LogP contribution in [0.3, 0.4) is 0 Å². The van der Waals surface area contributed by atoms with E-state index in [2.05, 4.69) is 10.0 Å². The summed E-state index contributed by atoms with van der Waals surface area (Å²) in [6.45, 7) is 3.62. The number of rotatable bonds is 8. The van der Waals surface area contributed by atoms with Crippen LogP contribution in [0.5, 0.6) is 0 Å². The number of hydrogen-bond donors (Lipinski definition) is 2. The molecule has 1 saturated heterocycles. The van der Waals surface area contributed by atoms with Crippen molar-refractivity contribution < 1.29 is 26.9 Å². The quantitative estimate of drug-likeness (QED) is 0.425. The third kappa shape index (κ3) is 6.29. The molecule has 5 rings (SSSR count). The summed E-state index contributed by atoms with van der Waals surface area (Å²) in [4.78, 5) is 12.9. The topological polar surface area (TPSA) is 96.2 Å². The zero-order valence-electron chi connectivity index (χ0n) is 22.6. The highest BCUT2D eigenvalue weighted by atomic mass is 32.2. The number of aromatic nitrogens is 1. The minimum atomic E-state index is -4.76. The first-order valence-electron chi connectivity index (χ1n) is 14.0. The minimum absolute atomic E-state index is 0.00689. The third-order valence-electron chi connectivity index (χ3n) is 8.37. The van der Waals surface area contributed by atoms with E-state index in [1.165, 1.54) is 18.6 Å². The van der Waals surface area contributed by atoms with Gasteiger partial charge in [0.25, 0.3) is 5.91 Å². The van der Waals surface area contributed by atoms with E-state index in [-0.39, 0.29) is 11.9 Å². The smallest absolute Gasteiger partial charge is 0.381 e. The highest BCUT2D eigenvalue weighted by Gasteiger charge is 2.46. The Morgan fingerprint density at radius 2 is 1.85 bits per heavy atom. The molecule has 0 radical (unpaired) electrons. The van der Waals surface area contributed by atoms with Crippen LogP contribution in [0.4, 0.5) is 13.2 Å². The summed E-state index contributed by atoms with van der Waals surface area (Å²) in [7, 11) is -2.21. The number of nitrogens with zero attached hydrogens (tertiary/aromatic N) is 2. The van der Waals surface area contributed by atoms with Crippen molar-refractivity contribution in [2.75, 3.05) is 13.2 Å². The van der Waals surface area contributed by atoms with Crippen molar-refractivity contribution in [3.05, 3.63) is 41.1 Å². The summed E-state index contributed by atoms with van der Waals surface area (Å²) < 4.78 is 65.7. The fourth-order valence-electron chi connectivity index (χ4n) is 5.75. The van der Waals surface area contributed by atoms with Gasteiger partial charge in [0.05, 0.1) is 22.1 Å². The fourth-order valence-corrected chi connectivity index (χ4v) is 7.03. The molecule has 1 aliphatic heterocycles. The predicted octanol–water partition coefficient (Wildman–Crippen LogP) is 5.64. The van der Waals surface area contributed by atoms with Crippen molar-refractivity contribution in [2.24, 2.45) is 5.92 Å². The second-order valence-corrected chi connectivity index (χ2v) is 12.5. The van der Waals surface area contributed by atoms with Gasteiger partial charge in [-0.05, 0) is 75.1 Å². The standard InChI is InChI=1S/C29H35F3N4O3S/c1-19-23(27(37)34-22-9-13-39-14-10-22)16-25(36(19)17-20-5-3-2-4-6-20)21-7-8-26(24(15-21)29(30,31)32)40(38)35-28(18-33)11-12-28/h7-8,15-16,20,22,35H,2-6,9-14,17H2,1H3,(H,34,37). The maximum atomic E-state index is 14.3. The Morgan fingerprint density at radius 3 is 2.48 bits per heavy atom. The highest BCUT2D eigenvalue weighted by Crippen LogP contribution is 2.40. The molecule has 0 bridgehead atoms. The van der Waals surface area contributed by atoms with Crippen molar-refractivity contribution in [1.82, 2.24) is 14.6 Å². The SMILES string of the molecule is Cc1c(C(=O)NC2CCOCC2)cc(-c2ccc(S(=O)NC3(C#N)CC3)c(C(F)(F)F)c2)n1CC1CCCCC1. The first-order valence-corrected chi connectivity index (χ1v) is 15.2. The Balaban J connectivity index is 1.52. The molecular weight excluding hydrogens is 541 g/mol. The molecule has 3 aliphatic rings. The first-order chi connectivity index (χ1) is 19.1. The first kappa shape index (κ1) is 28.8. The van der Waals surface area contributed by atoms with E-state index in [1.54, 1.807) is 6.07 Å². The van der Waals surface area contributed by atoms with Crippen molar-refractivity contribution in [1.29, 1.82) is 5.26 Å². The van der Waals surface area contributed by atoms with Gasteiger partial charge >= 0.3 is 6.18 Å². The van der Waals surface area contributed by atoms with E-state index in [1.807, 2.05) is 17.6 Å². The zero-order chi connectivity index (χ0) is 28.5. The van der Waals surface area contributed by atoms with Crippen LogP contribution in [-0.2, 0) is 28.4 Å². The molecule has 1 aromatic heterocycles. The Morgan fingerprint density at radius 1 is 1.15 bits per heavy atom. The maximum Gasteiger partial charge on any atom is 0.417 e. The van der Waals surface area contributed by atoms with Crippen molar-refractivity contribution in [2.45, 2.75) is 93.9 Å². The number of hydrogen-bond acceptors (Lipinski definition) is 4. The number of benzene rings is 1. The Kier molecular flexibility index (Phi) is 8.41.